The predicted molar refractivity (Wildman–Crippen MR) is 145 cm³/mol. The molecule has 3 aromatic rings. The summed E-state index contributed by atoms with van der Waals surface area (Å²) in [6.07, 6.45) is 2.33. The smallest absolute Gasteiger partial charge is 0.339 e. The van der Waals surface area contributed by atoms with E-state index in [4.69, 9.17) is 4.18 Å². The van der Waals surface area contributed by atoms with Crippen LogP contribution < -0.4 is 4.18 Å². The molecule has 0 saturated heterocycles. The second-order valence-electron chi connectivity index (χ2n) is 10.8. The van der Waals surface area contributed by atoms with Crippen LogP contribution in [-0.4, -0.2) is 21.4 Å². The number of rotatable bonds is 7. The first kappa shape index (κ1) is 27.6. The lowest BCUT2D eigenvalue weighted by Crippen LogP contribution is -2.21. The number of hydrogen-bond acceptors (Lipinski definition) is 6. The van der Waals surface area contributed by atoms with Gasteiger partial charge in [-0.15, -0.1) is 0 Å². The molecule has 0 aliphatic heterocycles. The van der Waals surface area contributed by atoms with Crippen LogP contribution in [0.15, 0.2) is 46.2 Å². The van der Waals surface area contributed by atoms with E-state index in [1.165, 1.54) is 6.07 Å². The van der Waals surface area contributed by atoms with Crippen molar-refractivity contribution < 1.29 is 25.6 Å². The van der Waals surface area contributed by atoms with Crippen molar-refractivity contribution in [3.8, 4) is 5.75 Å². The fourth-order valence-electron chi connectivity index (χ4n) is 5.46. The number of fused-ring (bicyclic) bond motifs is 2. The van der Waals surface area contributed by atoms with E-state index >= 15 is 0 Å². The molecule has 0 saturated carbocycles. The molecular weight excluding hydrogens is 508 g/mol. The third-order valence-corrected chi connectivity index (χ3v) is 9.44. The Hall–Kier alpha value is -2.42. The van der Waals surface area contributed by atoms with Crippen molar-refractivity contribution in [2.24, 2.45) is 0 Å². The highest BCUT2D eigenvalue weighted by molar-refractivity contribution is 7.87. The van der Waals surface area contributed by atoms with E-state index in [9.17, 15) is 21.4 Å². The zero-order valence-corrected chi connectivity index (χ0v) is 23.9. The third-order valence-electron chi connectivity index (χ3n) is 7.19. The summed E-state index contributed by atoms with van der Waals surface area (Å²) in [6.45, 7) is 11.5. The molecule has 0 spiro atoms. The molecule has 0 radical (unpaired) electrons. The summed E-state index contributed by atoms with van der Waals surface area (Å²) in [6, 6.07) is 11.0. The summed E-state index contributed by atoms with van der Waals surface area (Å²) in [5.74, 6) is -0.260. The van der Waals surface area contributed by atoms with Gasteiger partial charge < -0.3 is 8.74 Å². The van der Waals surface area contributed by atoms with Gasteiger partial charge in [-0.2, -0.15) is 8.42 Å². The van der Waals surface area contributed by atoms with Gasteiger partial charge in [-0.3, -0.25) is 0 Å². The summed E-state index contributed by atoms with van der Waals surface area (Å²) in [4.78, 5) is -0.0805. The van der Waals surface area contributed by atoms with Gasteiger partial charge in [0.15, 0.2) is 0 Å². The zero-order valence-electron chi connectivity index (χ0n) is 22.3. The van der Waals surface area contributed by atoms with E-state index in [1.807, 2.05) is 71.9 Å². The van der Waals surface area contributed by atoms with Gasteiger partial charge in [0.1, 0.15) is 20.8 Å². The number of benzene rings is 3. The van der Waals surface area contributed by atoms with Gasteiger partial charge in [0, 0.05) is 11.1 Å². The van der Waals surface area contributed by atoms with Crippen LogP contribution in [-0.2, 0) is 33.1 Å². The van der Waals surface area contributed by atoms with Crippen molar-refractivity contribution in [2.45, 2.75) is 94.8 Å². The average Bonchev–Trinajstić information content (AvgIpc) is 2.81. The van der Waals surface area contributed by atoms with Gasteiger partial charge in [-0.25, -0.2) is 8.42 Å². The molecule has 37 heavy (non-hydrogen) atoms. The lowest BCUT2D eigenvalue weighted by atomic mass is 9.87. The normalized spacial score (nSPS) is 14.5. The van der Waals surface area contributed by atoms with Crippen LogP contribution in [0.1, 0.15) is 100.0 Å². The van der Waals surface area contributed by atoms with E-state index in [0.717, 1.165) is 23.6 Å². The van der Waals surface area contributed by atoms with Gasteiger partial charge in [0.2, 0.25) is 0 Å². The third kappa shape index (κ3) is 5.16. The number of hydrogen-bond donors (Lipinski definition) is 0. The van der Waals surface area contributed by atoms with Gasteiger partial charge in [0.25, 0.3) is 0 Å². The van der Waals surface area contributed by atoms with Gasteiger partial charge >= 0.3 is 10.1 Å². The van der Waals surface area contributed by atoms with E-state index in [2.05, 4.69) is 0 Å². The van der Waals surface area contributed by atoms with Crippen LogP contribution >= 0.6 is 0 Å². The first-order chi connectivity index (χ1) is 17.2. The summed E-state index contributed by atoms with van der Waals surface area (Å²) in [5.41, 5.74) is 2.72. The van der Waals surface area contributed by atoms with E-state index in [0.29, 0.717) is 40.7 Å². The van der Waals surface area contributed by atoms with Crippen molar-refractivity contribution >= 4 is 31.0 Å². The molecule has 1 aliphatic carbocycles. The van der Waals surface area contributed by atoms with Crippen LogP contribution in [0.2, 0.25) is 0 Å². The minimum Gasteiger partial charge on any atom is -0.744 e. The lowest BCUT2D eigenvalue weighted by molar-refractivity contribution is 0.458. The van der Waals surface area contributed by atoms with E-state index < -0.39 is 20.2 Å². The van der Waals surface area contributed by atoms with Crippen molar-refractivity contribution in [2.75, 3.05) is 0 Å². The molecule has 0 N–H and O–H groups in total. The molecule has 0 unspecified atom stereocenters. The molecular formula is C29H35O6S2-. The molecule has 0 fully saturated rings. The molecule has 4 rings (SSSR count). The Morgan fingerprint density at radius 2 is 1.38 bits per heavy atom. The van der Waals surface area contributed by atoms with Gasteiger partial charge in [-0.05, 0) is 83.0 Å². The molecule has 3 aromatic carbocycles. The molecule has 200 valence electrons. The minimum atomic E-state index is -4.73. The van der Waals surface area contributed by atoms with Crippen molar-refractivity contribution in [1.29, 1.82) is 0 Å². The maximum atomic E-state index is 14.2. The van der Waals surface area contributed by atoms with Crippen LogP contribution in [0.3, 0.4) is 0 Å². The van der Waals surface area contributed by atoms with Gasteiger partial charge in [-0.1, -0.05) is 65.8 Å². The maximum Gasteiger partial charge on any atom is 0.339 e. The molecule has 0 aromatic heterocycles. The summed E-state index contributed by atoms with van der Waals surface area (Å²) in [5, 5.41) is 1.84. The summed E-state index contributed by atoms with van der Waals surface area (Å²) >= 11 is 0. The Morgan fingerprint density at radius 3 is 1.95 bits per heavy atom. The average molecular weight is 544 g/mol. The molecule has 1 aliphatic rings. The standard InChI is InChI=1S/C29H36O6S2/c1-17(2)24-16-26(36(30,31)32)22-13-9-10-14-23(22)28(24)35-37(33,34)29-25(18(3)4)15-20-11-7-8-12-21(20)27(29)19(5)6/h7-8,11-12,15-19H,9-10,13-14H2,1-6H3,(H,30,31,32)/p-1. The second kappa shape index (κ2) is 10.0. The van der Waals surface area contributed by atoms with E-state index in [1.54, 1.807) is 0 Å². The fourth-order valence-corrected chi connectivity index (χ4v) is 7.95. The Labute approximate surface area is 220 Å². The highest BCUT2D eigenvalue weighted by Gasteiger charge is 2.33. The molecule has 8 heteroatoms. The van der Waals surface area contributed by atoms with E-state index in [-0.39, 0.29) is 33.3 Å². The highest BCUT2D eigenvalue weighted by Crippen LogP contribution is 2.44. The molecule has 0 amide bonds. The molecule has 0 heterocycles. The SMILES string of the molecule is CC(C)c1cc(S(=O)(=O)[O-])c2c(c1OS(=O)(=O)c1c(C(C)C)cc3ccccc3c1C(C)C)CCCC2. The minimum absolute atomic E-state index is 0.0815. The Bertz CT molecular complexity index is 1570. The van der Waals surface area contributed by atoms with Crippen LogP contribution in [0.25, 0.3) is 10.8 Å². The Kier molecular flexibility index (Phi) is 7.49. The fraction of sp³-hybridized carbons (Fsp3) is 0.448. The predicted octanol–water partition coefficient (Wildman–Crippen LogP) is 6.76. The largest absolute Gasteiger partial charge is 0.744 e. The van der Waals surface area contributed by atoms with Crippen molar-refractivity contribution in [3.63, 3.8) is 0 Å². The lowest BCUT2D eigenvalue weighted by Gasteiger charge is -2.28. The molecule has 0 bridgehead atoms. The van der Waals surface area contributed by atoms with Crippen molar-refractivity contribution in [1.82, 2.24) is 0 Å². The molecule has 0 atom stereocenters. The topological polar surface area (TPSA) is 101 Å². The summed E-state index contributed by atoms with van der Waals surface area (Å²) < 4.78 is 71.0. The first-order valence-corrected chi connectivity index (χ1v) is 15.7. The second-order valence-corrected chi connectivity index (χ2v) is 13.7. The Balaban J connectivity index is 2.04. The summed E-state index contributed by atoms with van der Waals surface area (Å²) in [7, 11) is -9.05. The van der Waals surface area contributed by atoms with Crippen LogP contribution in [0.4, 0.5) is 0 Å². The zero-order chi connectivity index (χ0) is 27.3. The molecule has 6 nitrogen and oxygen atoms in total. The van der Waals surface area contributed by atoms with Crippen molar-refractivity contribution in [3.05, 3.63) is 64.2 Å². The maximum absolute atomic E-state index is 14.2. The first-order valence-electron chi connectivity index (χ1n) is 12.9. The van der Waals surface area contributed by atoms with Crippen LogP contribution in [0, 0.1) is 0 Å². The van der Waals surface area contributed by atoms with Crippen LogP contribution in [0.5, 0.6) is 5.75 Å². The Morgan fingerprint density at radius 1 is 0.784 bits per heavy atom. The quantitative estimate of drug-likeness (QED) is 0.241. The van der Waals surface area contributed by atoms with Gasteiger partial charge in [0.05, 0.1) is 4.90 Å². The monoisotopic (exact) mass is 543 g/mol. The highest BCUT2D eigenvalue weighted by atomic mass is 32.2.